The number of piperidine rings is 1. The highest BCUT2D eigenvalue weighted by Gasteiger charge is 2.18. The van der Waals surface area contributed by atoms with Gasteiger partial charge in [0.2, 0.25) is 0 Å². The van der Waals surface area contributed by atoms with E-state index in [0.29, 0.717) is 18.1 Å². The monoisotopic (exact) mass is 415 g/mol. The van der Waals surface area contributed by atoms with Gasteiger partial charge in [0, 0.05) is 18.2 Å². The van der Waals surface area contributed by atoms with E-state index in [1.54, 1.807) is 6.07 Å². The van der Waals surface area contributed by atoms with Gasteiger partial charge >= 0.3 is 0 Å². The first-order valence-corrected chi connectivity index (χ1v) is 10.1. The average molecular weight is 416 g/mol. The number of rotatable bonds is 3. The molecule has 0 radical (unpaired) electrons. The topological polar surface area (TPSA) is 66.3 Å². The standard InChI is InChI=1S/C22H29N5O.ClH/c1-15-9-11-26(12-10-15)14-18-13-19(28)27-21(23-18)24-20(25-27)16-5-7-17(8-6-16)22(2,3)4;/h5-8,13,15H,9-12,14H2,1-4H3,(H,23,24,25);1H. The van der Waals surface area contributed by atoms with Crippen molar-refractivity contribution in [1.82, 2.24) is 24.5 Å². The van der Waals surface area contributed by atoms with Crippen LogP contribution in [0.1, 0.15) is 51.8 Å². The first-order valence-electron chi connectivity index (χ1n) is 10.1. The molecule has 3 heterocycles. The molecule has 4 rings (SSSR count). The Morgan fingerprint density at radius 3 is 2.38 bits per heavy atom. The molecule has 0 unspecified atom stereocenters. The Morgan fingerprint density at radius 1 is 1.10 bits per heavy atom. The molecular formula is C22H30ClN5O. The van der Waals surface area contributed by atoms with Gasteiger partial charge in [-0.25, -0.2) is 4.98 Å². The van der Waals surface area contributed by atoms with E-state index in [9.17, 15) is 4.79 Å². The number of H-pyrrole nitrogens is 1. The minimum absolute atomic E-state index is 0. The Kier molecular flexibility index (Phi) is 6.15. The van der Waals surface area contributed by atoms with Crippen LogP contribution in [-0.2, 0) is 12.0 Å². The lowest BCUT2D eigenvalue weighted by atomic mass is 9.87. The largest absolute Gasteiger partial charge is 0.297 e. The van der Waals surface area contributed by atoms with Crippen LogP contribution >= 0.6 is 12.4 Å². The molecule has 2 aromatic heterocycles. The van der Waals surface area contributed by atoms with Crippen molar-refractivity contribution in [3.63, 3.8) is 0 Å². The predicted octanol–water partition coefficient (Wildman–Crippen LogP) is 4.04. The third kappa shape index (κ3) is 4.70. The first kappa shape index (κ1) is 21.5. The van der Waals surface area contributed by atoms with Gasteiger partial charge in [-0.1, -0.05) is 52.0 Å². The predicted molar refractivity (Wildman–Crippen MR) is 119 cm³/mol. The lowest BCUT2D eigenvalue weighted by Gasteiger charge is -2.29. The lowest BCUT2D eigenvalue weighted by Crippen LogP contribution is -2.33. The van der Waals surface area contributed by atoms with Gasteiger partial charge in [0.25, 0.3) is 11.3 Å². The van der Waals surface area contributed by atoms with Crippen molar-refractivity contribution in [3.8, 4) is 11.4 Å². The summed E-state index contributed by atoms with van der Waals surface area (Å²) < 4.78 is 1.43. The van der Waals surface area contributed by atoms with Gasteiger partial charge in [-0.3, -0.25) is 14.8 Å². The zero-order valence-electron chi connectivity index (χ0n) is 17.6. The summed E-state index contributed by atoms with van der Waals surface area (Å²) in [6, 6.07) is 9.93. The Bertz CT molecular complexity index is 1020. The second kappa shape index (κ2) is 8.28. The number of nitrogens with one attached hydrogen (secondary N) is 1. The zero-order valence-corrected chi connectivity index (χ0v) is 18.4. The van der Waals surface area contributed by atoms with Crippen LogP contribution < -0.4 is 5.56 Å². The lowest BCUT2D eigenvalue weighted by molar-refractivity contribution is 0.183. The van der Waals surface area contributed by atoms with Gasteiger partial charge in [0.15, 0.2) is 5.82 Å². The summed E-state index contributed by atoms with van der Waals surface area (Å²) in [7, 11) is 0. The summed E-state index contributed by atoms with van der Waals surface area (Å²) >= 11 is 0. The summed E-state index contributed by atoms with van der Waals surface area (Å²) in [6.07, 6.45) is 2.41. The molecule has 1 saturated heterocycles. The number of aromatic nitrogens is 4. The van der Waals surface area contributed by atoms with Crippen LogP contribution in [-0.4, -0.2) is 37.6 Å². The van der Waals surface area contributed by atoms with Crippen LogP contribution in [0.2, 0.25) is 0 Å². The number of benzene rings is 1. The molecule has 3 aromatic rings. The molecular weight excluding hydrogens is 386 g/mol. The highest BCUT2D eigenvalue weighted by atomic mass is 35.5. The molecule has 0 spiro atoms. The minimum atomic E-state index is -0.115. The van der Waals surface area contributed by atoms with E-state index in [2.05, 4.69) is 59.8 Å². The number of aromatic amines is 1. The summed E-state index contributed by atoms with van der Waals surface area (Å²) in [4.78, 5) is 24.1. The molecule has 1 aromatic carbocycles. The molecule has 0 aliphatic carbocycles. The van der Waals surface area contributed by atoms with E-state index in [1.807, 2.05) is 12.1 Å². The third-order valence-corrected chi connectivity index (χ3v) is 5.67. The maximum absolute atomic E-state index is 12.6. The zero-order chi connectivity index (χ0) is 19.9. The molecule has 1 fully saturated rings. The van der Waals surface area contributed by atoms with E-state index >= 15 is 0 Å². The Balaban J connectivity index is 0.00000240. The van der Waals surface area contributed by atoms with Crippen LogP contribution in [0.5, 0.6) is 0 Å². The van der Waals surface area contributed by atoms with Crippen molar-refractivity contribution >= 4 is 18.2 Å². The fourth-order valence-corrected chi connectivity index (χ4v) is 3.71. The van der Waals surface area contributed by atoms with E-state index in [4.69, 9.17) is 0 Å². The van der Waals surface area contributed by atoms with E-state index < -0.39 is 0 Å². The number of nitrogens with zero attached hydrogens (tertiary/aromatic N) is 4. The molecule has 1 aliphatic rings. The smallest absolute Gasteiger partial charge is 0.274 e. The quantitative estimate of drug-likeness (QED) is 0.701. The van der Waals surface area contributed by atoms with E-state index in [-0.39, 0.29) is 23.4 Å². The number of hydrogen-bond donors (Lipinski definition) is 1. The van der Waals surface area contributed by atoms with Crippen LogP contribution in [0.25, 0.3) is 17.2 Å². The molecule has 1 N–H and O–H groups in total. The van der Waals surface area contributed by atoms with Crippen molar-refractivity contribution in [2.45, 2.75) is 52.5 Å². The van der Waals surface area contributed by atoms with Crippen LogP contribution in [0.3, 0.4) is 0 Å². The number of halogens is 1. The van der Waals surface area contributed by atoms with Crippen LogP contribution in [0.15, 0.2) is 35.1 Å². The summed E-state index contributed by atoms with van der Waals surface area (Å²) in [6.45, 7) is 11.7. The van der Waals surface area contributed by atoms with E-state index in [0.717, 1.165) is 30.3 Å². The second-order valence-corrected chi connectivity index (χ2v) is 9.08. The maximum Gasteiger partial charge on any atom is 0.274 e. The number of hydrogen-bond acceptors (Lipinski definition) is 4. The molecule has 156 valence electrons. The Hall–Kier alpha value is -2.18. The second-order valence-electron chi connectivity index (χ2n) is 9.08. The normalized spacial score (nSPS) is 16.1. The highest BCUT2D eigenvalue weighted by molar-refractivity contribution is 5.85. The first-order chi connectivity index (χ1) is 13.3. The maximum atomic E-state index is 12.6. The number of likely N-dealkylation sites (tertiary alicyclic amines) is 1. The van der Waals surface area contributed by atoms with Crippen molar-refractivity contribution in [2.24, 2.45) is 5.92 Å². The summed E-state index contributed by atoms with van der Waals surface area (Å²) in [5, 5.41) is 3.09. The fourth-order valence-electron chi connectivity index (χ4n) is 3.71. The van der Waals surface area contributed by atoms with Crippen molar-refractivity contribution in [3.05, 3.63) is 51.9 Å². The fraction of sp³-hybridized carbons (Fsp3) is 0.500. The molecule has 29 heavy (non-hydrogen) atoms. The molecule has 0 atom stereocenters. The molecule has 7 heteroatoms. The summed E-state index contributed by atoms with van der Waals surface area (Å²) in [5.74, 6) is 1.88. The average Bonchev–Trinajstić information content (AvgIpc) is 3.08. The van der Waals surface area contributed by atoms with Crippen LogP contribution in [0, 0.1) is 5.92 Å². The van der Waals surface area contributed by atoms with Crippen molar-refractivity contribution < 1.29 is 0 Å². The molecule has 1 aliphatic heterocycles. The van der Waals surface area contributed by atoms with Crippen LogP contribution in [0.4, 0.5) is 0 Å². The van der Waals surface area contributed by atoms with Gasteiger partial charge in [-0.2, -0.15) is 9.50 Å². The van der Waals surface area contributed by atoms with Gasteiger partial charge in [0.1, 0.15) is 0 Å². The van der Waals surface area contributed by atoms with Crippen molar-refractivity contribution in [1.29, 1.82) is 0 Å². The Morgan fingerprint density at radius 2 is 1.76 bits per heavy atom. The molecule has 0 saturated carbocycles. The molecule has 0 bridgehead atoms. The van der Waals surface area contributed by atoms with Gasteiger partial charge < -0.3 is 0 Å². The third-order valence-electron chi connectivity index (χ3n) is 5.67. The van der Waals surface area contributed by atoms with Gasteiger partial charge in [-0.15, -0.1) is 12.4 Å². The highest BCUT2D eigenvalue weighted by Crippen LogP contribution is 2.25. The number of fused-ring (bicyclic) bond motifs is 1. The molecule has 6 nitrogen and oxygen atoms in total. The molecule has 0 amide bonds. The SMILES string of the molecule is CC1CCN(Cc2cc(=O)n3[nH]c(-c4ccc(C(C)(C)C)cc4)nc3n2)CC1.Cl. The Labute approximate surface area is 177 Å². The van der Waals surface area contributed by atoms with Gasteiger partial charge in [0.05, 0.1) is 5.69 Å². The van der Waals surface area contributed by atoms with Crippen molar-refractivity contribution in [2.75, 3.05) is 13.1 Å². The van der Waals surface area contributed by atoms with E-state index in [1.165, 1.54) is 22.9 Å². The van der Waals surface area contributed by atoms with Gasteiger partial charge in [-0.05, 0) is 42.8 Å². The minimum Gasteiger partial charge on any atom is -0.297 e. The summed E-state index contributed by atoms with van der Waals surface area (Å²) in [5.41, 5.74) is 2.99.